The van der Waals surface area contributed by atoms with E-state index in [4.69, 9.17) is 0 Å². The number of rotatable bonds is 6. The lowest BCUT2D eigenvalue weighted by Gasteiger charge is -2.25. The lowest BCUT2D eigenvalue weighted by Crippen LogP contribution is -2.24. The molecule has 0 radical (unpaired) electrons. The Morgan fingerprint density at radius 3 is 2.33 bits per heavy atom. The van der Waals surface area contributed by atoms with Crippen molar-refractivity contribution in [3.63, 3.8) is 0 Å². The minimum atomic E-state index is 0.699. The van der Waals surface area contributed by atoms with Crippen LogP contribution in [0.4, 0.5) is 0 Å². The van der Waals surface area contributed by atoms with Crippen molar-refractivity contribution in [1.29, 1.82) is 0 Å². The highest BCUT2D eigenvalue weighted by atomic mass is 14.9. The molecule has 0 amide bonds. The zero-order valence-corrected chi connectivity index (χ0v) is 10.8. The maximum atomic E-state index is 3.55. The number of allylic oxidation sites excluding steroid dienone is 1. The van der Waals surface area contributed by atoms with E-state index in [0.717, 1.165) is 24.9 Å². The van der Waals surface area contributed by atoms with E-state index < -0.39 is 0 Å². The molecule has 0 aliphatic heterocycles. The van der Waals surface area contributed by atoms with Crippen LogP contribution in [-0.2, 0) is 0 Å². The van der Waals surface area contributed by atoms with Gasteiger partial charge in [-0.2, -0.15) is 0 Å². The zero-order valence-electron chi connectivity index (χ0n) is 10.8. The molecule has 1 fully saturated rings. The molecule has 0 aromatic rings. The molecule has 0 aromatic carbocycles. The molecule has 1 N–H and O–H groups in total. The van der Waals surface area contributed by atoms with Crippen molar-refractivity contribution in [3.8, 4) is 0 Å². The van der Waals surface area contributed by atoms with E-state index in [1.807, 2.05) is 0 Å². The molecule has 1 rings (SSSR count). The van der Waals surface area contributed by atoms with E-state index in [1.54, 1.807) is 5.57 Å². The van der Waals surface area contributed by atoms with Gasteiger partial charge in [-0.15, -0.1) is 0 Å². The first-order chi connectivity index (χ1) is 7.09. The highest BCUT2D eigenvalue weighted by Crippen LogP contribution is 2.29. The molecule has 0 aromatic heterocycles. The summed E-state index contributed by atoms with van der Waals surface area (Å²) in [5.74, 6) is 2.34. The van der Waals surface area contributed by atoms with Gasteiger partial charge in [0.05, 0.1) is 0 Å². The van der Waals surface area contributed by atoms with Crippen LogP contribution in [0.25, 0.3) is 0 Å². The summed E-state index contributed by atoms with van der Waals surface area (Å²) in [4.78, 5) is 0. The highest BCUT2D eigenvalue weighted by molar-refractivity contribution is 5.10. The van der Waals surface area contributed by atoms with E-state index in [-0.39, 0.29) is 0 Å². The molecule has 1 aliphatic rings. The van der Waals surface area contributed by atoms with Crippen LogP contribution in [-0.4, -0.2) is 13.1 Å². The second kappa shape index (κ2) is 6.32. The lowest BCUT2D eigenvalue weighted by molar-refractivity contribution is 0.382. The number of hydrogen-bond acceptors (Lipinski definition) is 1. The largest absolute Gasteiger partial charge is 0.313 e. The van der Waals surface area contributed by atoms with Gasteiger partial charge in [-0.3, -0.25) is 0 Å². The standard InChI is InChI=1S/C14H27N/c1-11(2)9-15-10-14(12(3)4)8-13-6-5-7-13/h8,11-13,15H,5-7,9-10H2,1-4H3. The van der Waals surface area contributed by atoms with Gasteiger partial charge in [-0.25, -0.2) is 0 Å². The van der Waals surface area contributed by atoms with Gasteiger partial charge in [0.1, 0.15) is 0 Å². The van der Waals surface area contributed by atoms with Gasteiger partial charge < -0.3 is 5.32 Å². The van der Waals surface area contributed by atoms with Crippen LogP contribution in [0.3, 0.4) is 0 Å². The molecule has 0 saturated heterocycles. The summed E-state index contributed by atoms with van der Waals surface area (Å²) in [5.41, 5.74) is 1.61. The first-order valence-electron chi connectivity index (χ1n) is 6.51. The second-order valence-corrected chi connectivity index (χ2v) is 5.61. The molecule has 0 spiro atoms. The first kappa shape index (κ1) is 12.8. The van der Waals surface area contributed by atoms with Crippen molar-refractivity contribution in [2.24, 2.45) is 17.8 Å². The van der Waals surface area contributed by atoms with Gasteiger partial charge in [-0.1, -0.05) is 45.8 Å². The third kappa shape index (κ3) is 4.83. The Bertz CT molecular complexity index is 199. The molecule has 0 bridgehead atoms. The van der Waals surface area contributed by atoms with Gasteiger partial charge in [0, 0.05) is 6.54 Å². The fourth-order valence-corrected chi connectivity index (χ4v) is 1.87. The van der Waals surface area contributed by atoms with Gasteiger partial charge in [0.2, 0.25) is 0 Å². The summed E-state index contributed by atoms with van der Waals surface area (Å²) in [6, 6.07) is 0. The number of hydrogen-bond donors (Lipinski definition) is 1. The Kier molecular flexibility index (Phi) is 5.38. The van der Waals surface area contributed by atoms with Crippen LogP contribution in [0, 0.1) is 17.8 Å². The molecular weight excluding hydrogens is 182 g/mol. The molecule has 15 heavy (non-hydrogen) atoms. The van der Waals surface area contributed by atoms with Crippen molar-refractivity contribution in [1.82, 2.24) is 5.32 Å². The normalized spacial score (nSPS) is 18.7. The fraction of sp³-hybridized carbons (Fsp3) is 0.857. The van der Waals surface area contributed by atoms with Crippen molar-refractivity contribution in [3.05, 3.63) is 11.6 Å². The first-order valence-corrected chi connectivity index (χ1v) is 6.51. The summed E-state index contributed by atoms with van der Waals surface area (Å²) >= 11 is 0. The van der Waals surface area contributed by atoms with Crippen LogP contribution >= 0.6 is 0 Å². The van der Waals surface area contributed by atoms with Crippen LogP contribution in [0.5, 0.6) is 0 Å². The molecule has 1 nitrogen and oxygen atoms in total. The number of nitrogens with one attached hydrogen (secondary N) is 1. The third-order valence-electron chi connectivity index (χ3n) is 3.22. The molecule has 0 atom stereocenters. The SMILES string of the molecule is CC(C)CNCC(=CC1CCC1)C(C)C. The molecule has 0 unspecified atom stereocenters. The average molecular weight is 209 g/mol. The van der Waals surface area contributed by atoms with Crippen LogP contribution in [0.2, 0.25) is 0 Å². The lowest BCUT2D eigenvalue weighted by atomic mass is 9.82. The zero-order chi connectivity index (χ0) is 11.3. The monoisotopic (exact) mass is 209 g/mol. The highest BCUT2D eigenvalue weighted by Gasteiger charge is 2.16. The quantitative estimate of drug-likeness (QED) is 0.659. The summed E-state index contributed by atoms with van der Waals surface area (Å²) in [6.45, 7) is 11.4. The van der Waals surface area contributed by atoms with Crippen LogP contribution < -0.4 is 5.32 Å². The molecule has 0 heterocycles. The van der Waals surface area contributed by atoms with Crippen LogP contribution in [0.15, 0.2) is 11.6 Å². The average Bonchev–Trinajstić information content (AvgIpc) is 2.06. The van der Waals surface area contributed by atoms with E-state index >= 15 is 0 Å². The molecule has 1 saturated carbocycles. The summed E-state index contributed by atoms with van der Waals surface area (Å²) in [5, 5.41) is 3.55. The van der Waals surface area contributed by atoms with Crippen LogP contribution in [0.1, 0.15) is 47.0 Å². The third-order valence-corrected chi connectivity index (χ3v) is 3.22. The molecular formula is C14H27N. The topological polar surface area (TPSA) is 12.0 Å². The molecule has 1 aliphatic carbocycles. The minimum Gasteiger partial charge on any atom is -0.313 e. The minimum absolute atomic E-state index is 0.699. The Labute approximate surface area is 95.3 Å². The van der Waals surface area contributed by atoms with Crippen molar-refractivity contribution >= 4 is 0 Å². The van der Waals surface area contributed by atoms with Crippen molar-refractivity contribution < 1.29 is 0 Å². The van der Waals surface area contributed by atoms with Gasteiger partial charge in [0.25, 0.3) is 0 Å². The van der Waals surface area contributed by atoms with Crippen molar-refractivity contribution in [2.75, 3.05) is 13.1 Å². The Morgan fingerprint density at radius 1 is 1.27 bits per heavy atom. The van der Waals surface area contributed by atoms with Gasteiger partial charge in [0.15, 0.2) is 0 Å². The predicted molar refractivity (Wildman–Crippen MR) is 68.0 cm³/mol. The summed E-state index contributed by atoms with van der Waals surface area (Å²) in [6.07, 6.45) is 6.80. The van der Waals surface area contributed by atoms with Gasteiger partial charge in [-0.05, 0) is 37.1 Å². The van der Waals surface area contributed by atoms with E-state index in [0.29, 0.717) is 5.92 Å². The van der Waals surface area contributed by atoms with E-state index in [9.17, 15) is 0 Å². The van der Waals surface area contributed by atoms with Gasteiger partial charge >= 0.3 is 0 Å². The maximum absolute atomic E-state index is 3.55. The fourth-order valence-electron chi connectivity index (χ4n) is 1.87. The Morgan fingerprint density at radius 2 is 1.93 bits per heavy atom. The molecule has 1 heteroatoms. The maximum Gasteiger partial charge on any atom is 0.0167 e. The Balaban J connectivity index is 2.33. The second-order valence-electron chi connectivity index (χ2n) is 5.61. The Hall–Kier alpha value is -0.300. The smallest absolute Gasteiger partial charge is 0.0167 e. The summed E-state index contributed by atoms with van der Waals surface area (Å²) in [7, 11) is 0. The van der Waals surface area contributed by atoms with E-state index in [2.05, 4.69) is 39.1 Å². The predicted octanol–water partition coefficient (Wildman–Crippen LogP) is 3.61. The summed E-state index contributed by atoms with van der Waals surface area (Å²) < 4.78 is 0. The van der Waals surface area contributed by atoms with E-state index in [1.165, 1.54) is 19.3 Å². The van der Waals surface area contributed by atoms with Crippen molar-refractivity contribution in [2.45, 2.75) is 47.0 Å². The molecule has 88 valence electrons.